The molecule has 0 aromatic heterocycles. The van der Waals surface area contributed by atoms with Gasteiger partial charge in [0, 0.05) is 0 Å². The summed E-state index contributed by atoms with van der Waals surface area (Å²) in [6, 6.07) is 0. The zero-order valence-corrected chi connectivity index (χ0v) is 3.50. The molecule has 0 aliphatic carbocycles. The number of nitrogens with zero attached hydrogens (tertiary/aromatic N) is 1. The second kappa shape index (κ2) is 8.82. The summed E-state index contributed by atoms with van der Waals surface area (Å²) in [4.78, 5) is 8.00. The van der Waals surface area contributed by atoms with E-state index >= 15 is 0 Å². The Hall–Kier alpha value is -1.33. The number of nitrogens with two attached hydrogens (primary N) is 3. The van der Waals surface area contributed by atoms with E-state index in [1.807, 2.05) is 0 Å². The van der Waals surface area contributed by atoms with E-state index in [4.69, 9.17) is 10.1 Å². The molecule has 0 heterocycles. The fourth-order valence-electron chi connectivity index (χ4n) is 0. The Morgan fingerprint density at radius 1 is 1.71 bits per heavy atom. The van der Waals surface area contributed by atoms with Crippen LogP contribution in [0, 0.1) is 10.1 Å². The monoisotopic (exact) mass is 106 g/mol. The van der Waals surface area contributed by atoms with E-state index in [1.54, 1.807) is 0 Å². The molecular weight excluding hydrogens is 100 g/mol. The molecule has 0 spiro atoms. The number of rotatable bonds is 0. The summed E-state index contributed by atoms with van der Waals surface area (Å²) in [6.07, 6.45) is 0. The van der Waals surface area contributed by atoms with Gasteiger partial charge in [-0.15, -0.1) is 5.34 Å². The molecule has 6 nitrogen and oxygen atoms in total. The number of hydrogen-bond acceptors (Lipinski definition) is 3. The molecule has 0 unspecified atom stereocenters. The first-order valence-corrected chi connectivity index (χ1v) is 1.23. The Morgan fingerprint density at radius 3 is 1.71 bits per heavy atom. The van der Waals surface area contributed by atoms with Gasteiger partial charge in [0.15, 0.2) is 0 Å². The van der Waals surface area contributed by atoms with Crippen molar-refractivity contribution < 1.29 is 5.41 Å². The van der Waals surface area contributed by atoms with Gasteiger partial charge in [0.1, 0.15) is 0 Å². The Labute approximate surface area is 39.6 Å². The third kappa shape index (κ3) is 18.8. The van der Waals surface area contributed by atoms with Gasteiger partial charge in [0.05, 0.1) is 0 Å². The normalized spacial score (nSPS) is 5.14. The summed E-state index contributed by atoms with van der Waals surface area (Å²) in [5.41, 5.74) is 9.17. The quantitative estimate of drug-likeness (QED) is 0.134. The number of hydrogen-bond donors (Lipinski definition) is 3. The molecule has 0 amide bonds. The summed E-state index contributed by atoms with van der Waals surface area (Å²) >= 11 is 0. The van der Waals surface area contributed by atoms with Crippen LogP contribution in [0.5, 0.6) is 0 Å². The number of guanidine groups is 1. The largest absolute Gasteiger partial charge is 0.444 e. The van der Waals surface area contributed by atoms with Crippen molar-refractivity contribution in [2.75, 3.05) is 0 Å². The van der Waals surface area contributed by atoms with Crippen molar-refractivity contribution in [1.82, 2.24) is 0 Å². The first-order chi connectivity index (χ1) is 3.15. The summed E-state index contributed by atoms with van der Waals surface area (Å²) < 4.78 is 0. The minimum atomic E-state index is -0.0833. The van der Waals surface area contributed by atoms with Gasteiger partial charge in [-0.2, -0.15) is 0 Å². The predicted molar refractivity (Wildman–Crippen MR) is 24.5 cm³/mol. The highest BCUT2D eigenvalue weighted by Crippen LogP contribution is 1.34. The molecule has 0 saturated carbocycles. The summed E-state index contributed by atoms with van der Waals surface area (Å²) in [5, 5.41) is 13.6. The molecule has 0 aliphatic heterocycles. The smallest absolute Gasteiger partial charge is 0.336 e. The zero-order valence-electron chi connectivity index (χ0n) is 3.50. The topological polar surface area (TPSA) is 130 Å². The molecule has 0 radical (unpaired) electrons. The molecule has 0 aliphatic rings. The van der Waals surface area contributed by atoms with Gasteiger partial charge in [-0.3, -0.25) is 16.9 Å². The van der Waals surface area contributed by atoms with E-state index in [1.165, 1.54) is 0 Å². The van der Waals surface area contributed by atoms with Crippen molar-refractivity contribution in [3.63, 3.8) is 0 Å². The van der Waals surface area contributed by atoms with Gasteiger partial charge in [0.2, 0.25) is 0 Å². The molecule has 6 heteroatoms. The van der Waals surface area contributed by atoms with Crippen LogP contribution < -0.4 is 16.9 Å². The molecule has 42 valence electrons. The Morgan fingerprint density at radius 2 is 1.71 bits per heavy atom. The van der Waals surface area contributed by atoms with Crippen LogP contribution in [0.1, 0.15) is 0 Å². The zero-order chi connectivity index (χ0) is 6.28. The molecule has 0 bridgehead atoms. The molecule has 7 heavy (non-hydrogen) atoms. The Kier molecular flexibility index (Phi) is 11.6. The fourth-order valence-corrected chi connectivity index (χ4v) is 0. The minimum Gasteiger partial charge on any atom is -0.444 e. The predicted octanol–water partition coefficient (Wildman–Crippen LogP) is -2.73. The Balaban J connectivity index is 0. The van der Waals surface area contributed by atoms with Crippen molar-refractivity contribution in [3.8, 4) is 0 Å². The van der Waals surface area contributed by atoms with Crippen molar-refractivity contribution >= 4 is 5.96 Å². The molecule has 0 aromatic rings. The van der Waals surface area contributed by atoms with Gasteiger partial charge in [-0.25, -0.2) is 0 Å². The van der Waals surface area contributed by atoms with Gasteiger partial charge >= 0.3 is 5.96 Å². The molecule has 0 fully saturated rings. The molecular formula is CH6N4O2. The van der Waals surface area contributed by atoms with Gasteiger partial charge in [0.25, 0.3) is 0 Å². The third-order valence-corrected chi connectivity index (χ3v) is 0. The average Bonchev–Trinajstić information content (AvgIpc) is 1.33. The van der Waals surface area contributed by atoms with E-state index in [2.05, 4.69) is 16.9 Å². The van der Waals surface area contributed by atoms with Crippen molar-refractivity contribution in [2.24, 2.45) is 16.8 Å². The van der Waals surface area contributed by atoms with Gasteiger partial charge < -0.3 is 10.1 Å². The average molecular weight is 106 g/mol. The first kappa shape index (κ1) is 9.18. The van der Waals surface area contributed by atoms with Crippen LogP contribution in [-0.4, -0.2) is 5.96 Å². The molecule has 0 rings (SSSR count). The van der Waals surface area contributed by atoms with E-state index in [0.717, 1.165) is 5.34 Å². The summed E-state index contributed by atoms with van der Waals surface area (Å²) in [6.45, 7) is 0. The maximum absolute atomic E-state index is 8.00. The first-order valence-electron chi connectivity index (χ1n) is 1.23. The lowest BCUT2D eigenvalue weighted by atomic mass is 11.1. The molecule has 0 aromatic carbocycles. The second-order valence-electron chi connectivity index (χ2n) is 0.575. The van der Waals surface area contributed by atoms with Gasteiger partial charge in [-0.1, -0.05) is 0 Å². The summed E-state index contributed by atoms with van der Waals surface area (Å²) in [5.74, 6) is -0.0833. The minimum absolute atomic E-state index is 0.0833. The lowest BCUT2D eigenvalue weighted by Gasteiger charge is -1.59. The molecule has 6 N–H and O–H groups in total. The van der Waals surface area contributed by atoms with E-state index < -0.39 is 0 Å². The van der Waals surface area contributed by atoms with E-state index in [0.29, 0.717) is 0 Å². The lowest BCUT2D eigenvalue weighted by Crippen LogP contribution is -2.51. The van der Waals surface area contributed by atoms with Crippen LogP contribution in [0.15, 0.2) is 5.34 Å². The van der Waals surface area contributed by atoms with Crippen LogP contribution in [0.4, 0.5) is 0 Å². The maximum Gasteiger partial charge on any atom is 0.336 e. The van der Waals surface area contributed by atoms with Crippen LogP contribution in [0.25, 0.3) is 0 Å². The maximum atomic E-state index is 8.00. The van der Waals surface area contributed by atoms with Crippen LogP contribution >= 0.6 is 0 Å². The SMILES string of the molecule is NC(N)=[NH2+].O=N[O-]. The second-order valence-corrected chi connectivity index (χ2v) is 0.575. The third-order valence-electron chi connectivity index (χ3n) is 0. The van der Waals surface area contributed by atoms with Crippen molar-refractivity contribution in [2.45, 2.75) is 0 Å². The highest BCUT2D eigenvalue weighted by atomic mass is 16.6. The van der Waals surface area contributed by atoms with Crippen LogP contribution in [0.3, 0.4) is 0 Å². The van der Waals surface area contributed by atoms with Gasteiger partial charge in [-0.05, 0) is 0 Å². The molecule has 0 saturated heterocycles. The standard InChI is InChI=1S/CH5N3.HNO2/c2-1(3)4;2-1-3/h(H5,2,3,4);(H,2,3). The Bertz CT molecular complexity index is 56.7. The van der Waals surface area contributed by atoms with Crippen LogP contribution in [0.2, 0.25) is 0 Å². The van der Waals surface area contributed by atoms with E-state index in [9.17, 15) is 0 Å². The summed E-state index contributed by atoms with van der Waals surface area (Å²) in [7, 11) is 0. The molecule has 0 atom stereocenters. The highest BCUT2D eigenvalue weighted by Gasteiger charge is 1.64. The van der Waals surface area contributed by atoms with Crippen molar-refractivity contribution in [1.29, 1.82) is 0 Å². The lowest BCUT2D eigenvalue weighted by molar-refractivity contribution is -0.116. The highest BCUT2D eigenvalue weighted by molar-refractivity contribution is 5.68. The van der Waals surface area contributed by atoms with Crippen molar-refractivity contribution in [3.05, 3.63) is 10.1 Å². The fraction of sp³-hybridized carbons (Fsp3) is 0. The van der Waals surface area contributed by atoms with E-state index in [-0.39, 0.29) is 5.96 Å². The van der Waals surface area contributed by atoms with Crippen LogP contribution in [-0.2, 0) is 0 Å².